The monoisotopic (exact) mass is 304 g/mol. The van der Waals surface area contributed by atoms with Crippen LogP contribution in [0.4, 0.5) is 0 Å². The molecule has 0 heterocycles. The summed E-state index contributed by atoms with van der Waals surface area (Å²) < 4.78 is 0.182. The molecule has 0 amide bonds. The van der Waals surface area contributed by atoms with Crippen molar-refractivity contribution in [3.63, 3.8) is 0 Å². The Kier molecular flexibility index (Phi) is 4.59. The highest BCUT2D eigenvalue weighted by Crippen LogP contribution is 2.61. The summed E-state index contributed by atoms with van der Waals surface area (Å²) in [5, 5.41) is 0. The lowest BCUT2D eigenvalue weighted by Crippen LogP contribution is -2.38. The summed E-state index contributed by atoms with van der Waals surface area (Å²) >= 11 is 11.4. The van der Waals surface area contributed by atoms with Gasteiger partial charge in [-0.15, -0.1) is 0 Å². The zero-order chi connectivity index (χ0) is 15.2. The van der Waals surface area contributed by atoms with E-state index in [9.17, 15) is 9.59 Å². The molecule has 2 atom stereocenters. The number of rotatable bonds is 5. The molecule has 0 aliphatic heterocycles. The van der Waals surface area contributed by atoms with Crippen molar-refractivity contribution in [1.29, 1.82) is 0 Å². The van der Waals surface area contributed by atoms with Crippen LogP contribution in [0.3, 0.4) is 0 Å². The molecule has 0 N–H and O–H groups in total. The minimum Gasteiger partial charge on any atom is -0.298 e. The molecule has 1 aliphatic rings. The highest BCUT2D eigenvalue weighted by atomic mass is 35.5. The topological polar surface area (TPSA) is 34.1 Å². The molecule has 0 aromatic carbocycles. The quantitative estimate of drug-likeness (QED) is 0.706. The second-order valence-corrected chi connectivity index (χ2v) is 7.80. The largest absolute Gasteiger partial charge is 0.298 e. The first-order valence-electron chi connectivity index (χ1n) is 6.55. The van der Waals surface area contributed by atoms with Gasteiger partial charge in [-0.2, -0.15) is 0 Å². The number of halogens is 2. The molecular formula is C15H22Cl2O2. The molecule has 0 spiro atoms. The second kappa shape index (κ2) is 5.21. The van der Waals surface area contributed by atoms with Crippen LogP contribution >= 0.6 is 23.2 Å². The molecule has 19 heavy (non-hydrogen) atoms. The summed E-state index contributed by atoms with van der Waals surface area (Å²) in [6.45, 7) is 11.1. The van der Waals surface area contributed by atoms with Gasteiger partial charge in [0.15, 0.2) is 0 Å². The van der Waals surface area contributed by atoms with Crippen molar-refractivity contribution in [2.75, 3.05) is 0 Å². The van der Waals surface area contributed by atoms with E-state index in [-0.39, 0.29) is 39.2 Å². The molecule has 1 aliphatic carbocycles. The number of ketones is 2. The summed E-state index contributed by atoms with van der Waals surface area (Å²) in [6.07, 6.45) is 1.71. The van der Waals surface area contributed by atoms with E-state index >= 15 is 0 Å². The molecule has 0 bridgehead atoms. The molecule has 0 aromatic rings. The molecule has 1 saturated carbocycles. The average Bonchev–Trinajstić information content (AvgIpc) is 2.76. The van der Waals surface area contributed by atoms with E-state index in [1.54, 1.807) is 19.9 Å². The summed E-state index contributed by atoms with van der Waals surface area (Å²) in [5.41, 5.74) is -1.13. The Morgan fingerprint density at radius 1 is 1.21 bits per heavy atom. The number of carbonyl (C=O) groups excluding carboxylic acids is 2. The zero-order valence-corrected chi connectivity index (χ0v) is 13.9. The van der Waals surface area contributed by atoms with Gasteiger partial charge in [0.25, 0.3) is 0 Å². The standard InChI is InChI=1S/C15H22Cl2O2/c1-8(2)12(18)15(5,6)13(19)11-9(7-10(16)17)14(11,3)4/h7-9,11H,1-6H3. The SMILES string of the molecule is CC(C)C(=O)C(C)(C)C(=O)C1C(C=C(Cl)Cl)C1(C)C. The minimum absolute atomic E-state index is 0.00738. The lowest BCUT2D eigenvalue weighted by Gasteiger charge is -2.24. The zero-order valence-electron chi connectivity index (χ0n) is 12.4. The first kappa shape index (κ1) is 16.7. The maximum absolute atomic E-state index is 12.6. The predicted octanol–water partition coefficient (Wildman–Crippen LogP) is 4.40. The summed E-state index contributed by atoms with van der Waals surface area (Å²) in [4.78, 5) is 24.8. The van der Waals surface area contributed by atoms with Crippen molar-refractivity contribution < 1.29 is 9.59 Å². The Bertz CT molecular complexity index is 429. The molecule has 2 unspecified atom stereocenters. The fraction of sp³-hybridized carbons (Fsp3) is 0.733. The van der Waals surface area contributed by atoms with Crippen LogP contribution in [0, 0.1) is 28.6 Å². The first-order chi connectivity index (χ1) is 8.44. The van der Waals surface area contributed by atoms with Gasteiger partial charge >= 0.3 is 0 Å². The fourth-order valence-electron chi connectivity index (χ4n) is 2.86. The number of allylic oxidation sites excluding steroid dienone is 1. The molecule has 1 rings (SSSR count). The van der Waals surface area contributed by atoms with Gasteiger partial charge in [0.2, 0.25) is 0 Å². The third-order valence-corrected chi connectivity index (χ3v) is 4.51. The number of Topliss-reactive ketones (excluding diaryl/α,β-unsaturated/α-hetero) is 2. The lowest BCUT2D eigenvalue weighted by atomic mass is 9.76. The van der Waals surface area contributed by atoms with Crippen LogP contribution in [0.2, 0.25) is 0 Å². The van der Waals surface area contributed by atoms with E-state index in [2.05, 4.69) is 0 Å². The molecule has 1 fully saturated rings. The van der Waals surface area contributed by atoms with Crippen LogP contribution in [0.25, 0.3) is 0 Å². The van der Waals surface area contributed by atoms with Gasteiger partial charge in [0.05, 0.1) is 5.41 Å². The summed E-state index contributed by atoms with van der Waals surface area (Å²) in [7, 11) is 0. The maximum atomic E-state index is 12.6. The third-order valence-electron chi connectivity index (χ3n) is 4.26. The second-order valence-electron chi connectivity index (χ2n) is 6.79. The summed E-state index contributed by atoms with van der Waals surface area (Å²) in [5.74, 6) is -0.333. The van der Waals surface area contributed by atoms with Gasteiger partial charge in [-0.3, -0.25) is 9.59 Å². The van der Waals surface area contributed by atoms with E-state index < -0.39 is 5.41 Å². The number of hydrogen-bond acceptors (Lipinski definition) is 2. The third kappa shape index (κ3) is 3.05. The van der Waals surface area contributed by atoms with E-state index in [1.807, 2.05) is 27.7 Å². The molecule has 0 radical (unpaired) electrons. The Labute approximate surface area is 125 Å². The molecular weight excluding hydrogens is 283 g/mol. The van der Waals surface area contributed by atoms with Crippen LogP contribution in [0.5, 0.6) is 0 Å². The smallest absolute Gasteiger partial charge is 0.150 e. The maximum Gasteiger partial charge on any atom is 0.150 e. The minimum atomic E-state index is -0.947. The van der Waals surface area contributed by atoms with Gasteiger partial charge in [-0.25, -0.2) is 0 Å². The Morgan fingerprint density at radius 2 is 1.68 bits per heavy atom. The van der Waals surface area contributed by atoms with Gasteiger partial charge in [0.1, 0.15) is 16.1 Å². The lowest BCUT2D eigenvalue weighted by molar-refractivity contribution is -0.141. The van der Waals surface area contributed by atoms with Gasteiger partial charge in [-0.1, -0.05) is 50.9 Å². The van der Waals surface area contributed by atoms with E-state index in [1.165, 1.54) is 0 Å². The molecule has 0 saturated heterocycles. The van der Waals surface area contributed by atoms with E-state index in [0.717, 1.165) is 0 Å². The molecule has 108 valence electrons. The molecule has 4 heteroatoms. The van der Waals surface area contributed by atoms with Crippen LogP contribution in [-0.4, -0.2) is 11.6 Å². The summed E-state index contributed by atoms with van der Waals surface area (Å²) in [6, 6.07) is 0. The van der Waals surface area contributed by atoms with Crippen molar-refractivity contribution in [3.8, 4) is 0 Å². The molecule has 0 aromatic heterocycles. The number of hydrogen-bond donors (Lipinski definition) is 0. The van der Waals surface area contributed by atoms with Crippen molar-refractivity contribution in [3.05, 3.63) is 10.6 Å². The van der Waals surface area contributed by atoms with Crippen LogP contribution < -0.4 is 0 Å². The average molecular weight is 305 g/mol. The predicted molar refractivity (Wildman–Crippen MR) is 79.2 cm³/mol. The first-order valence-corrected chi connectivity index (χ1v) is 7.31. The fourth-order valence-corrected chi connectivity index (χ4v) is 3.13. The van der Waals surface area contributed by atoms with Gasteiger partial charge < -0.3 is 0 Å². The highest BCUT2D eigenvalue weighted by Gasteiger charge is 2.63. The van der Waals surface area contributed by atoms with Crippen LogP contribution in [-0.2, 0) is 9.59 Å². The van der Waals surface area contributed by atoms with Crippen LogP contribution in [0.15, 0.2) is 10.6 Å². The van der Waals surface area contributed by atoms with Crippen molar-refractivity contribution >= 4 is 34.8 Å². The highest BCUT2D eigenvalue weighted by molar-refractivity contribution is 6.55. The Hall–Kier alpha value is -0.340. The van der Waals surface area contributed by atoms with Crippen molar-refractivity contribution in [1.82, 2.24) is 0 Å². The Balaban J connectivity index is 2.97. The van der Waals surface area contributed by atoms with Crippen LogP contribution in [0.1, 0.15) is 41.5 Å². The number of carbonyl (C=O) groups is 2. The van der Waals surface area contributed by atoms with Crippen molar-refractivity contribution in [2.24, 2.45) is 28.6 Å². The van der Waals surface area contributed by atoms with Gasteiger partial charge in [-0.05, 0) is 31.3 Å². The van der Waals surface area contributed by atoms with E-state index in [4.69, 9.17) is 23.2 Å². The van der Waals surface area contributed by atoms with Gasteiger partial charge in [0, 0.05) is 11.8 Å². The molecule has 2 nitrogen and oxygen atoms in total. The Morgan fingerprint density at radius 3 is 2.05 bits per heavy atom. The normalized spacial score (nSPS) is 25.1. The van der Waals surface area contributed by atoms with E-state index in [0.29, 0.717) is 0 Å². The van der Waals surface area contributed by atoms with Crippen molar-refractivity contribution in [2.45, 2.75) is 41.5 Å².